The molecule has 4 nitrogen and oxygen atoms in total. The number of aromatic nitrogens is 2. The van der Waals surface area contributed by atoms with Crippen molar-refractivity contribution in [2.75, 3.05) is 0 Å². The lowest BCUT2D eigenvalue weighted by Crippen LogP contribution is -2.18. The minimum Gasteiger partial charge on any atom is -0.361 e. The zero-order valence-electron chi connectivity index (χ0n) is 13.0. The Hall–Kier alpha value is -2.36. The molecule has 22 heavy (non-hydrogen) atoms. The van der Waals surface area contributed by atoms with Gasteiger partial charge in [-0.05, 0) is 39.2 Å². The van der Waals surface area contributed by atoms with E-state index in [0.717, 1.165) is 41.8 Å². The van der Waals surface area contributed by atoms with E-state index in [9.17, 15) is 4.79 Å². The van der Waals surface area contributed by atoms with Crippen LogP contribution in [-0.2, 0) is 6.54 Å². The summed E-state index contributed by atoms with van der Waals surface area (Å²) in [4.78, 5) is 12.1. The molecule has 0 radical (unpaired) electrons. The fraction of sp³-hybridized carbons (Fsp3) is 0.333. The SMILES string of the molecule is Cc1noc(C)c1-c1ccc(=O)n(CCC2=CCCC=C2)c1. The molecule has 0 aromatic carbocycles. The van der Waals surface area contributed by atoms with E-state index in [-0.39, 0.29) is 5.56 Å². The van der Waals surface area contributed by atoms with Crippen molar-refractivity contribution in [3.8, 4) is 11.1 Å². The standard InChI is InChI=1S/C18H20N2O2/c1-13-18(14(2)22-19-13)16-8-9-17(21)20(12-16)11-10-15-6-4-3-5-7-15/h4,6-9,12H,3,5,10-11H2,1-2H3. The Bertz CT molecular complexity index is 774. The van der Waals surface area contributed by atoms with Crippen LogP contribution in [0.4, 0.5) is 0 Å². The van der Waals surface area contributed by atoms with Crippen molar-refractivity contribution in [1.82, 2.24) is 9.72 Å². The molecular weight excluding hydrogens is 276 g/mol. The first-order valence-electron chi connectivity index (χ1n) is 7.64. The fourth-order valence-corrected chi connectivity index (χ4v) is 2.85. The Morgan fingerprint density at radius 3 is 2.82 bits per heavy atom. The molecule has 0 saturated carbocycles. The molecule has 2 heterocycles. The van der Waals surface area contributed by atoms with E-state index >= 15 is 0 Å². The molecule has 2 aromatic heterocycles. The monoisotopic (exact) mass is 296 g/mol. The van der Waals surface area contributed by atoms with E-state index in [2.05, 4.69) is 23.4 Å². The fourth-order valence-electron chi connectivity index (χ4n) is 2.85. The van der Waals surface area contributed by atoms with Crippen molar-refractivity contribution < 1.29 is 4.52 Å². The topological polar surface area (TPSA) is 48.0 Å². The van der Waals surface area contributed by atoms with Crippen molar-refractivity contribution in [2.45, 2.75) is 39.7 Å². The summed E-state index contributed by atoms with van der Waals surface area (Å²) < 4.78 is 6.99. The predicted molar refractivity (Wildman–Crippen MR) is 86.7 cm³/mol. The van der Waals surface area contributed by atoms with Crippen molar-refractivity contribution >= 4 is 0 Å². The van der Waals surface area contributed by atoms with E-state index < -0.39 is 0 Å². The van der Waals surface area contributed by atoms with Crippen LogP contribution in [0.2, 0.25) is 0 Å². The number of allylic oxidation sites excluding steroid dienone is 4. The predicted octanol–water partition coefficient (Wildman–Crippen LogP) is 3.79. The summed E-state index contributed by atoms with van der Waals surface area (Å²) in [5.41, 5.74) is 4.13. The highest BCUT2D eigenvalue weighted by Gasteiger charge is 2.12. The van der Waals surface area contributed by atoms with Gasteiger partial charge in [0, 0.05) is 29.9 Å². The molecule has 1 aliphatic rings. The van der Waals surface area contributed by atoms with Crippen molar-refractivity contribution in [1.29, 1.82) is 0 Å². The molecule has 0 spiro atoms. The summed E-state index contributed by atoms with van der Waals surface area (Å²) in [5, 5.41) is 3.98. The number of rotatable bonds is 4. The summed E-state index contributed by atoms with van der Waals surface area (Å²) in [6, 6.07) is 3.46. The number of aryl methyl sites for hydroxylation is 3. The summed E-state index contributed by atoms with van der Waals surface area (Å²) in [7, 11) is 0. The van der Waals surface area contributed by atoms with E-state index in [0.29, 0.717) is 6.54 Å². The summed E-state index contributed by atoms with van der Waals surface area (Å²) >= 11 is 0. The van der Waals surface area contributed by atoms with E-state index in [1.54, 1.807) is 10.6 Å². The summed E-state index contributed by atoms with van der Waals surface area (Å²) in [6.07, 6.45) is 11.6. The zero-order chi connectivity index (χ0) is 15.5. The van der Waals surface area contributed by atoms with Crippen molar-refractivity contribution in [3.05, 3.63) is 63.9 Å². The Balaban J connectivity index is 1.86. The van der Waals surface area contributed by atoms with Crippen LogP contribution in [0.15, 0.2) is 51.4 Å². The molecular formula is C18H20N2O2. The molecule has 1 aliphatic carbocycles. The molecule has 0 amide bonds. The summed E-state index contributed by atoms with van der Waals surface area (Å²) in [5.74, 6) is 0.778. The lowest BCUT2D eigenvalue weighted by atomic mass is 10.0. The van der Waals surface area contributed by atoms with Crippen LogP contribution in [0.5, 0.6) is 0 Å². The Kier molecular flexibility index (Phi) is 4.09. The second-order valence-electron chi connectivity index (χ2n) is 5.66. The quantitative estimate of drug-likeness (QED) is 0.862. The van der Waals surface area contributed by atoms with Crippen LogP contribution < -0.4 is 5.56 Å². The third-order valence-electron chi connectivity index (χ3n) is 4.02. The molecule has 114 valence electrons. The smallest absolute Gasteiger partial charge is 0.250 e. The van der Waals surface area contributed by atoms with Crippen molar-refractivity contribution in [3.63, 3.8) is 0 Å². The lowest BCUT2D eigenvalue weighted by Gasteiger charge is -2.10. The largest absolute Gasteiger partial charge is 0.361 e. The van der Waals surface area contributed by atoms with Gasteiger partial charge in [0.2, 0.25) is 0 Å². The van der Waals surface area contributed by atoms with Gasteiger partial charge in [-0.3, -0.25) is 4.79 Å². The second-order valence-corrected chi connectivity index (χ2v) is 5.66. The Morgan fingerprint density at radius 2 is 2.14 bits per heavy atom. The molecule has 0 fully saturated rings. The van der Waals surface area contributed by atoms with E-state index in [1.807, 2.05) is 26.1 Å². The van der Waals surface area contributed by atoms with Gasteiger partial charge in [0.05, 0.1) is 5.69 Å². The van der Waals surface area contributed by atoms with Gasteiger partial charge in [-0.2, -0.15) is 0 Å². The average Bonchev–Trinajstić information content (AvgIpc) is 2.87. The minimum absolute atomic E-state index is 0.0240. The van der Waals surface area contributed by atoms with Gasteiger partial charge in [0.15, 0.2) is 0 Å². The summed E-state index contributed by atoms with van der Waals surface area (Å²) in [6.45, 7) is 4.49. The molecule has 0 saturated heterocycles. The highest BCUT2D eigenvalue weighted by Crippen LogP contribution is 2.25. The highest BCUT2D eigenvalue weighted by atomic mass is 16.5. The van der Waals surface area contributed by atoms with Gasteiger partial charge >= 0.3 is 0 Å². The van der Waals surface area contributed by atoms with E-state index in [1.165, 1.54) is 5.57 Å². The van der Waals surface area contributed by atoms with Crippen molar-refractivity contribution in [2.24, 2.45) is 0 Å². The molecule has 0 bridgehead atoms. The first-order valence-corrected chi connectivity index (χ1v) is 7.64. The van der Waals surface area contributed by atoms with Crippen LogP contribution in [0.3, 0.4) is 0 Å². The molecule has 0 unspecified atom stereocenters. The van der Waals surface area contributed by atoms with Crippen LogP contribution >= 0.6 is 0 Å². The third-order valence-corrected chi connectivity index (χ3v) is 4.02. The Labute approximate surface area is 129 Å². The van der Waals surface area contributed by atoms with Gasteiger partial charge < -0.3 is 9.09 Å². The first-order chi connectivity index (χ1) is 10.6. The molecule has 4 heteroatoms. The zero-order valence-corrected chi connectivity index (χ0v) is 13.0. The maximum atomic E-state index is 12.1. The van der Waals surface area contributed by atoms with Gasteiger partial charge in [-0.25, -0.2) is 0 Å². The van der Waals surface area contributed by atoms with Crippen LogP contribution in [0.1, 0.15) is 30.7 Å². The van der Waals surface area contributed by atoms with Gasteiger partial charge in [-0.15, -0.1) is 0 Å². The van der Waals surface area contributed by atoms with Crippen LogP contribution in [-0.4, -0.2) is 9.72 Å². The maximum absolute atomic E-state index is 12.1. The first kappa shape index (κ1) is 14.6. The second kappa shape index (κ2) is 6.18. The highest BCUT2D eigenvalue weighted by molar-refractivity contribution is 5.66. The molecule has 0 aliphatic heterocycles. The van der Waals surface area contributed by atoms with Gasteiger partial charge in [0.1, 0.15) is 5.76 Å². The Morgan fingerprint density at radius 1 is 1.27 bits per heavy atom. The van der Waals surface area contributed by atoms with Gasteiger partial charge in [-0.1, -0.05) is 29.0 Å². The average molecular weight is 296 g/mol. The van der Waals surface area contributed by atoms with Crippen LogP contribution in [0, 0.1) is 13.8 Å². The molecule has 3 rings (SSSR count). The van der Waals surface area contributed by atoms with E-state index in [4.69, 9.17) is 4.52 Å². The number of nitrogens with zero attached hydrogens (tertiary/aromatic N) is 2. The van der Waals surface area contributed by atoms with Gasteiger partial charge in [0.25, 0.3) is 5.56 Å². The minimum atomic E-state index is 0.0240. The lowest BCUT2D eigenvalue weighted by molar-refractivity contribution is 0.393. The molecule has 0 N–H and O–H groups in total. The number of hydrogen-bond donors (Lipinski definition) is 0. The molecule has 2 aromatic rings. The maximum Gasteiger partial charge on any atom is 0.250 e. The normalized spacial score (nSPS) is 14.2. The molecule has 0 atom stereocenters. The number of pyridine rings is 1. The number of hydrogen-bond acceptors (Lipinski definition) is 3. The van der Waals surface area contributed by atoms with Crippen LogP contribution in [0.25, 0.3) is 11.1 Å². The third kappa shape index (κ3) is 2.96.